The van der Waals surface area contributed by atoms with Gasteiger partial charge in [0.25, 0.3) is 6.43 Å². The maximum absolute atomic E-state index is 12.7. The van der Waals surface area contributed by atoms with Gasteiger partial charge in [0.15, 0.2) is 11.5 Å². The van der Waals surface area contributed by atoms with Crippen molar-refractivity contribution in [2.24, 2.45) is 0 Å². The minimum atomic E-state index is -2.58. The van der Waals surface area contributed by atoms with E-state index in [0.29, 0.717) is 23.4 Å². The normalized spacial score (nSPS) is 11.5. The lowest BCUT2D eigenvalue weighted by molar-refractivity contribution is 0.136. The number of hydrogen-bond acceptors (Lipinski definition) is 3. The fraction of sp³-hybridized carbons (Fsp3) is 0.444. The van der Waals surface area contributed by atoms with E-state index in [1.807, 2.05) is 0 Å². The van der Waals surface area contributed by atoms with Crippen molar-refractivity contribution >= 4 is 11.2 Å². The zero-order chi connectivity index (χ0) is 11.0. The van der Waals surface area contributed by atoms with Crippen LogP contribution in [0.15, 0.2) is 6.33 Å². The number of alkyl halides is 2. The summed E-state index contributed by atoms with van der Waals surface area (Å²) in [7, 11) is 0. The second-order valence-corrected chi connectivity index (χ2v) is 3.15. The van der Waals surface area contributed by atoms with Gasteiger partial charge in [-0.3, -0.25) is 0 Å². The molecule has 0 amide bonds. The Balaban J connectivity index is 2.78. The second-order valence-electron chi connectivity index (χ2n) is 3.15. The zero-order valence-electron chi connectivity index (χ0n) is 8.41. The Bertz CT molecular complexity index is 492. The molecule has 2 heterocycles. The van der Waals surface area contributed by atoms with Gasteiger partial charge in [-0.25, -0.2) is 23.7 Å². The Morgan fingerprint density at radius 3 is 2.73 bits per heavy atom. The average Bonchev–Trinajstić information content (AvgIpc) is 2.57. The third kappa shape index (κ3) is 1.45. The summed E-state index contributed by atoms with van der Waals surface area (Å²) in [5.74, 6) is -0.240. The largest absolute Gasteiger partial charge is 0.308 e. The number of fused-ring (bicyclic) bond motifs is 1. The van der Waals surface area contributed by atoms with Crippen LogP contribution in [-0.4, -0.2) is 19.5 Å². The van der Waals surface area contributed by atoms with Crippen molar-refractivity contribution in [3.05, 3.63) is 17.8 Å². The Hall–Kier alpha value is -1.59. The van der Waals surface area contributed by atoms with E-state index in [-0.39, 0.29) is 5.82 Å². The number of rotatable bonds is 2. The predicted octanol–water partition coefficient (Wildman–Crippen LogP) is 2.09. The molecule has 15 heavy (non-hydrogen) atoms. The second kappa shape index (κ2) is 3.52. The van der Waals surface area contributed by atoms with E-state index in [2.05, 4.69) is 15.0 Å². The molecule has 0 saturated carbocycles. The van der Waals surface area contributed by atoms with E-state index >= 15 is 0 Å². The number of nitrogens with zero attached hydrogens (tertiary/aromatic N) is 4. The molecule has 0 radical (unpaired) electrons. The van der Waals surface area contributed by atoms with E-state index in [1.165, 1.54) is 10.9 Å². The first-order chi connectivity index (χ1) is 7.15. The van der Waals surface area contributed by atoms with Gasteiger partial charge in [0.1, 0.15) is 11.8 Å². The van der Waals surface area contributed by atoms with Gasteiger partial charge in [0.2, 0.25) is 0 Å². The SMILES string of the molecule is CCn1c(C(F)F)nc2c(C)ncnc21. The van der Waals surface area contributed by atoms with Gasteiger partial charge in [-0.05, 0) is 13.8 Å². The average molecular weight is 212 g/mol. The van der Waals surface area contributed by atoms with Crippen LogP contribution in [0.3, 0.4) is 0 Å². The fourth-order valence-electron chi connectivity index (χ4n) is 1.54. The lowest BCUT2D eigenvalue weighted by Crippen LogP contribution is -2.02. The maximum Gasteiger partial charge on any atom is 0.295 e. The number of hydrogen-bond donors (Lipinski definition) is 0. The highest BCUT2D eigenvalue weighted by Gasteiger charge is 2.19. The minimum Gasteiger partial charge on any atom is -0.308 e. The van der Waals surface area contributed by atoms with Crippen LogP contribution in [0, 0.1) is 6.92 Å². The highest BCUT2D eigenvalue weighted by atomic mass is 19.3. The van der Waals surface area contributed by atoms with Crippen LogP contribution >= 0.6 is 0 Å². The first-order valence-electron chi connectivity index (χ1n) is 4.61. The Morgan fingerprint density at radius 1 is 1.40 bits per heavy atom. The summed E-state index contributed by atoms with van der Waals surface area (Å²) < 4.78 is 26.7. The van der Waals surface area contributed by atoms with Crippen molar-refractivity contribution in [1.82, 2.24) is 19.5 Å². The van der Waals surface area contributed by atoms with Crippen molar-refractivity contribution in [2.75, 3.05) is 0 Å². The molecule has 0 spiro atoms. The summed E-state index contributed by atoms with van der Waals surface area (Å²) in [6, 6.07) is 0. The van der Waals surface area contributed by atoms with Crippen molar-refractivity contribution < 1.29 is 8.78 Å². The third-order valence-electron chi connectivity index (χ3n) is 2.26. The number of halogens is 2. The maximum atomic E-state index is 12.7. The molecule has 0 saturated heterocycles. The topological polar surface area (TPSA) is 43.6 Å². The molecule has 4 nitrogen and oxygen atoms in total. The summed E-state index contributed by atoms with van der Waals surface area (Å²) in [4.78, 5) is 11.8. The molecule has 0 atom stereocenters. The summed E-state index contributed by atoms with van der Waals surface area (Å²) in [5, 5.41) is 0. The molecular formula is C9H10F2N4. The highest BCUT2D eigenvalue weighted by molar-refractivity contribution is 5.73. The van der Waals surface area contributed by atoms with Crippen molar-refractivity contribution in [1.29, 1.82) is 0 Å². The number of aryl methyl sites for hydroxylation is 2. The molecule has 0 unspecified atom stereocenters. The summed E-state index contributed by atoms with van der Waals surface area (Å²) in [6.07, 6.45) is -1.22. The van der Waals surface area contributed by atoms with E-state index in [4.69, 9.17) is 0 Å². The molecule has 2 aromatic rings. The Kier molecular flexibility index (Phi) is 2.34. The van der Waals surface area contributed by atoms with Crippen LogP contribution in [0.4, 0.5) is 8.78 Å². The van der Waals surface area contributed by atoms with Gasteiger partial charge in [-0.15, -0.1) is 0 Å². The molecule has 0 aliphatic carbocycles. The van der Waals surface area contributed by atoms with Crippen molar-refractivity contribution in [2.45, 2.75) is 26.8 Å². The third-order valence-corrected chi connectivity index (χ3v) is 2.26. The van der Waals surface area contributed by atoms with E-state index in [1.54, 1.807) is 13.8 Å². The lowest BCUT2D eigenvalue weighted by atomic mass is 10.4. The first kappa shape index (κ1) is 9.95. The Morgan fingerprint density at radius 2 is 2.13 bits per heavy atom. The van der Waals surface area contributed by atoms with Gasteiger partial charge in [0.05, 0.1) is 5.69 Å². The molecule has 80 valence electrons. The predicted molar refractivity (Wildman–Crippen MR) is 50.7 cm³/mol. The van der Waals surface area contributed by atoms with E-state index < -0.39 is 6.43 Å². The Labute approximate surface area is 85.0 Å². The number of aromatic nitrogens is 4. The molecule has 0 aromatic carbocycles. The zero-order valence-corrected chi connectivity index (χ0v) is 8.41. The lowest BCUT2D eigenvalue weighted by Gasteiger charge is -2.02. The van der Waals surface area contributed by atoms with E-state index in [9.17, 15) is 8.78 Å². The van der Waals surface area contributed by atoms with Crippen LogP contribution in [0.2, 0.25) is 0 Å². The highest BCUT2D eigenvalue weighted by Crippen LogP contribution is 2.23. The molecule has 0 N–H and O–H groups in total. The van der Waals surface area contributed by atoms with Gasteiger partial charge >= 0.3 is 0 Å². The standard InChI is InChI=1S/C9H10F2N4/c1-3-15-8-6(5(2)12-4-13-8)14-9(15)7(10)11/h4,7H,3H2,1-2H3. The van der Waals surface area contributed by atoms with Crippen molar-refractivity contribution in [3.8, 4) is 0 Å². The smallest absolute Gasteiger partial charge is 0.295 e. The number of imidazole rings is 1. The van der Waals surface area contributed by atoms with Crippen LogP contribution in [0.25, 0.3) is 11.2 Å². The molecule has 0 aliphatic heterocycles. The van der Waals surface area contributed by atoms with Crippen LogP contribution in [0.5, 0.6) is 0 Å². The molecule has 2 aromatic heterocycles. The van der Waals surface area contributed by atoms with Crippen LogP contribution in [-0.2, 0) is 6.54 Å². The molecule has 6 heteroatoms. The van der Waals surface area contributed by atoms with Crippen LogP contribution < -0.4 is 0 Å². The molecule has 2 rings (SSSR count). The summed E-state index contributed by atoms with van der Waals surface area (Å²) >= 11 is 0. The minimum absolute atomic E-state index is 0.240. The first-order valence-corrected chi connectivity index (χ1v) is 4.61. The van der Waals surface area contributed by atoms with Gasteiger partial charge in [0, 0.05) is 6.54 Å². The summed E-state index contributed by atoms with van der Waals surface area (Å²) in [6.45, 7) is 3.93. The molecular weight excluding hydrogens is 202 g/mol. The monoisotopic (exact) mass is 212 g/mol. The van der Waals surface area contributed by atoms with Crippen molar-refractivity contribution in [3.63, 3.8) is 0 Å². The van der Waals surface area contributed by atoms with Gasteiger partial charge < -0.3 is 4.57 Å². The molecule has 0 bridgehead atoms. The fourth-order valence-corrected chi connectivity index (χ4v) is 1.54. The van der Waals surface area contributed by atoms with Gasteiger partial charge in [-0.1, -0.05) is 0 Å². The van der Waals surface area contributed by atoms with E-state index in [0.717, 1.165) is 0 Å². The van der Waals surface area contributed by atoms with Gasteiger partial charge in [-0.2, -0.15) is 0 Å². The quantitative estimate of drug-likeness (QED) is 0.765. The van der Waals surface area contributed by atoms with Crippen LogP contribution in [0.1, 0.15) is 24.9 Å². The summed E-state index contributed by atoms with van der Waals surface area (Å²) in [5.41, 5.74) is 1.55. The molecule has 0 aliphatic rings. The molecule has 0 fully saturated rings.